The van der Waals surface area contributed by atoms with Gasteiger partial charge in [0.2, 0.25) is 11.7 Å². The molecule has 1 atom stereocenters. The lowest BCUT2D eigenvalue weighted by molar-refractivity contribution is -0.144. The Kier molecular flexibility index (Phi) is 7.92. The molecule has 10 heteroatoms. The molecule has 1 N–H and O–H groups in total. The van der Waals surface area contributed by atoms with E-state index in [2.05, 4.69) is 21.4 Å². The molecule has 1 aromatic heterocycles. The van der Waals surface area contributed by atoms with E-state index in [0.717, 1.165) is 5.56 Å². The first-order valence-electron chi connectivity index (χ1n) is 12.0. The zero-order valence-electron chi connectivity index (χ0n) is 20.3. The minimum absolute atomic E-state index is 0.0657. The van der Waals surface area contributed by atoms with Crippen molar-refractivity contribution in [1.82, 2.24) is 15.3 Å². The van der Waals surface area contributed by atoms with Crippen molar-refractivity contribution in [1.29, 1.82) is 5.26 Å². The standard InChI is InChI=1S/C27H26F3N5O2/c1-2-37-21-11-9-20(10-12-21)22-16-24(34-26(33-22)27(28,29)30)35-15-3-4-23(35)25(36)32-14-13-18-5-7-19(17-31)8-6-18/h5-12,16,23H,2-4,13-15H2,1H3,(H,32,36)/t23-/m0/s1. The number of halogens is 3. The summed E-state index contributed by atoms with van der Waals surface area (Å²) in [6, 6.07) is 16.6. The van der Waals surface area contributed by atoms with Crippen LogP contribution in [0.15, 0.2) is 54.6 Å². The van der Waals surface area contributed by atoms with E-state index in [-0.39, 0.29) is 17.4 Å². The predicted molar refractivity (Wildman–Crippen MR) is 132 cm³/mol. The first-order valence-corrected chi connectivity index (χ1v) is 12.0. The molecule has 1 saturated heterocycles. The Morgan fingerprint density at radius 3 is 2.54 bits per heavy atom. The fourth-order valence-electron chi connectivity index (χ4n) is 4.25. The Morgan fingerprint density at radius 2 is 1.89 bits per heavy atom. The molecule has 192 valence electrons. The number of rotatable bonds is 8. The number of benzene rings is 2. The number of hydrogen-bond donors (Lipinski definition) is 1. The average Bonchev–Trinajstić information content (AvgIpc) is 3.39. The van der Waals surface area contributed by atoms with E-state index < -0.39 is 18.0 Å². The predicted octanol–water partition coefficient (Wildman–Crippen LogP) is 4.76. The van der Waals surface area contributed by atoms with Crippen molar-refractivity contribution in [2.75, 3.05) is 24.6 Å². The summed E-state index contributed by atoms with van der Waals surface area (Å²) >= 11 is 0. The third-order valence-electron chi connectivity index (χ3n) is 6.07. The molecule has 2 aromatic carbocycles. The van der Waals surface area contributed by atoms with Crippen molar-refractivity contribution >= 4 is 11.7 Å². The van der Waals surface area contributed by atoms with Gasteiger partial charge in [0.05, 0.1) is 23.9 Å². The van der Waals surface area contributed by atoms with Gasteiger partial charge >= 0.3 is 6.18 Å². The van der Waals surface area contributed by atoms with Crippen LogP contribution < -0.4 is 15.0 Å². The molecule has 2 heterocycles. The highest BCUT2D eigenvalue weighted by molar-refractivity contribution is 5.85. The van der Waals surface area contributed by atoms with Crippen molar-refractivity contribution in [2.24, 2.45) is 0 Å². The van der Waals surface area contributed by atoms with Crippen LogP contribution in [0.5, 0.6) is 5.75 Å². The summed E-state index contributed by atoms with van der Waals surface area (Å²) in [5, 5.41) is 11.8. The lowest BCUT2D eigenvalue weighted by Gasteiger charge is -2.26. The Hall–Kier alpha value is -4.13. The van der Waals surface area contributed by atoms with E-state index in [1.165, 1.54) is 6.07 Å². The molecule has 7 nitrogen and oxygen atoms in total. The number of anilines is 1. The molecule has 1 amide bonds. The summed E-state index contributed by atoms with van der Waals surface area (Å²) in [4.78, 5) is 22.2. The maximum Gasteiger partial charge on any atom is 0.451 e. The van der Waals surface area contributed by atoms with Gasteiger partial charge in [0.25, 0.3) is 0 Å². The van der Waals surface area contributed by atoms with Crippen molar-refractivity contribution in [3.8, 4) is 23.1 Å². The Morgan fingerprint density at radius 1 is 1.16 bits per heavy atom. The molecule has 1 aliphatic rings. The van der Waals surface area contributed by atoms with Gasteiger partial charge in [0.15, 0.2) is 0 Å². The third-order valence-corrected chi connectivity index (χ3v) is 6.07. The molecule has 3 aromatic rings. The summed E-state index contributed by atoms with van der Waals surface area (Å²) in [7, 11) is 0. The van der Waals surface area contributed by atoms with Gasteiger partial charge in [-0.25, -0.2) is 9.97 Å². The summed E-state index contributed by atoms with van der Waals surface area (Å²) in [5.41, 5.74) is 2.13. The summed E-state index contributed by atoms with van der Waals surface area (Å²) < 4.78 is 46.5. The van der Waals surface area contributed by atoms with Crippen LogP contribution in [0.2, 0.25) is 0 Å². The minimum atomic E-state index is -4.74. The lowest BCUT2D eigenvalue weighted by Crippen LogP contribution is -2.44. The van der Waals surface area contributed by atoms with Crippen molar-refractivity contribution < 1.29 is 22.7 Å². The molecule has 0 saturated carbocycles. The second-order valence-corrected chi connectivity index (χ2v) is 8.59. The number of carbonyl (C=O) groups is 1. The van der Waals surface area contributed by atoms with E-state index >= 15 is 0 Å². The van der Waals surface area contributed by atoms with Gasteiger partial charge in [0, 0.05) is 24.7 Å². The SMILES string of the molecule is CCOc1ccc(-c2cc(N3CCC[C@H]3C(=O)NCCc3ccc(C#N)cc3)nc(C(F)(F)F)n2)cc1. The quantitative estimate of drug-likeness (QED) is 0.471. The van der Waals surface area contributed by atoms with E-state index in [0.29, 0.717) is 55.8 Å². The zero-order chi connectivity index (χ0) is 26.4. The smallest absolute Gasteiger partial charge is 0.451 e. The van der Waals surface area contributed by atoms with E-state index in [4.69, 9.17) is 10.00 Å². The molecule has 0 spiro atoms. The molecule has 0 unspecified atom stereocenters. The summed E-state index contributed by atoms with van der Waals surface area (Å²) in [6.45, 7) is 3.09. The van der Waals surface area contributed by atoms with Crippen molar-refractivity contribution in [2.45, 2.75) is 38.4 Å². The van der Waals surface area contributed by atoms with Crippen LogP contribution in [0.4, 0.5) is 19.0 Å². The fraction of sp³-hybridized carbons (Fsp3) is 0.333. The van der Waals surface area contributed by atoms with Crippen LogP contribution in [0.3, 0.4) is 0 Å². The van der Waals surface area contributed by atoms with Crippen molar-refractivity contribution in [3.63, 3.8) is 0 Å². The Bertz CT molecular complexity index is 1270. The lowest BCUT2D eigenvalue weighted by atomic mass is 10.1. The molecule has 0 radical (unpaired) electrons. The van der Waals surface area contributed by atoms with Gasteiger partial charge in [-0.3, -0.25) is 4.79 Å². The number of alkyl halides is 3. The normalized spacial score (nSPS) is 15.3. The largest absolute Gasteiger partial charge is 0.494 e. The second-order valence-electron chi connectivity index (χ2n) is 8.59. The van der Waals surface area contributed by atoms with E-state index in [9.17, 15) is 18.0 Å². The van der Waals surface area contributed by atoms with Crippen LogP contribution in [0.1, 0.15) is 36.7 Å². The molecular weight excluding hydrogens is 483 g/mol. The minimum Gasteiger partial charge on any atom is -0.494 e. The molecule has 1 aliphatic heterocycles. The number of aromatic nitrogens is 2. The number of nitrogens with one attached hydrogen (secondary N) is 1. The van der Waals surface area contributed by atoms with Crippen LogP contribution in [0.25, 0.3) is 11.3 Å². The number of nitrogens with zero attached hydrogens (tertiary/aromatic N) is 4. The highest BCUT2D eigenvalue weighted by Crippen LogP contribution is 2.33. The maximum atomic E-state index is 13.7. The Labute approximate surface area is 212 Å². The number of ether oxygens (including phenoxy) is 1. The molecule has 4 rings (SSSR count). The highest BCUT2D eigenvalue weighted by atomic mass is 19.4. The first kappa shape index (κ1) is 25.9. The Balaban J connectivity index is 1.52. The maximum absolute atomic E-state index is 13.7. The average molecular weight is 510 g/mol. The van der Waals surface area contributed by atoms with Gasteiger partial charge in [-0.05, 0) is 68.1 Å². The topological polar surface area (TPSA) is 91.1 Å². The zero-order valence-corrected chi connectivity index (χ0v) is 20.3. The number of nitriles is 1. The van der Waals surface area contributed by atoms with Crippen LogP contribution in [-0.4, -0.2) is 41.6 Å². The first-order chi connectivity index (χ1) is 17.8. The second kappa shape index (κ2) is 11.3. The number of carbonyl (C=O) groups excluding carboxylic acids is 1. The molecule has 0 bridgehead atoms. The molecule has 37 heavy (non-hydrogen) atoms. The van der Waals surface area contributed by atoms with E-state index in [1.54, 1.807) is 41.3 Å². The molecular formula is C27H26F3N5O2. The van der Waals surface area contributed by atoms with Gasteiger partial charge in [-0.1, -0.05) is 12.1 Å². The summed E-state index contributed by atoms with van der Waals surface area (Å²) in [5.74, 6) is -0.841. The van der Waals surface area contributed by atoms with Crippen LogP contribution >= 0.6 is 0 Å². The van der Waals surface area contributed by atoms with Gasteiger partial charge < -0.3 is 15.0 Å². The van der Waals surface area contributed by atoms with Crippen LogP contribution in [0, 0.1) is 11.3 Å². The summed E-state index contributed by atoms with van der Waals surface area (Å²) in [6.07, 6.45) is -3.02. The fourth-order valence-corrected chi connectivity index (χ4v) is 4.25. The monoisotopic (exact) mass is 509 g/mol. The number of amides is 1. The van der Waals surface area contributed by atoms with Gasteiger partial charge in [-0.2, -0.15) is 18.4 Å². The van der Waals surface area contributed by atoms with Crippen LogP contribution in [-0.2, 0) is 17.4 Å². The van der Waals surface area contributed by atoms with Gasteiger partial charge in [0.1, 0.15) is 17.6 Å². The molecule has 1 fully saturated rings. The third kappa shape index (κ3) is 6.36. The van der Waals surface area contributed by atoms with Gasteiger partial charge in [-0.15, -0.1) is 0 Å². The molecule has 0 aliphatic carbocycles. The number of hydrogen-bond acceptors (Lipinski definition) is 6. The van der Waals surface area contributed by atoms with Crippen molar-refractivity contribution in [3.05, 3.63) is 71.5 Å². The van der Waals surface area contributed by atoms with E-state index in [1.807, 2.05) is 19.1 Å². The highest BCUT2D eigenvalue weighted by Gasteiger charge is 2.38.